The molecular formula is C19H21NO3. The Hall–Kier alpha value is -2.62. The van der Waals surface area contributed by atoms with E-state index in [4.69, 9.17) is 4.74 Å². The van der Waals surface area contributed by atoms with Crippen molar-refractivity contribution in [3.8, 4) is 0 Å². The van der Waals surface area contributed by atoms with E-state index in [0.717, 1.165) is 22.3 Å². The summed E-state index contributed by atoms with van der Waals surface area (Å²) in [6.45, 7) is 7.60. The summed E-state index contributed by atoms with van der Waals surface area (Å²) < 4.78 is 4.80. The Labute approximate surface area is 136 Å². The van der Waals surface area contributed by atoms with Crippen molar-refractivity contribution in [1.82, 2.24) is 0 Å². The molecule has 0 bridgehead atoms. The van der Waals surface area contributed by atoms with Crippen LogP contribution < -0.4 is 5.32 Å². The lowest BCUT2D eigenvalue weighted by Crippen LogP contribution is -2.15. The van der Waals surface area contributed by atoms with Crippen LogP contribution in [0.2, 0.25) is 0 Å². The normalized spacial score (nSPS) is 10.3. The van der Waals surface area contributed by atoms with Gasteiger partial charge in [0.25, 0.3) is 5.91 Å². The molecule has 1 N–H and O–H groups in total. The maximum Gasteiger partial charge on any atom is 0.338 e. The molecule has 0 unspecified atom stereocenters. The second kappa shape index (κ2) is 6.65. The first-order valence-corrected chi connectivity index (χ1v) is 7.41. The number of ether oxygens (including phenoxy) is 1. The number of hydrogen-bond acceptors (Lipinski definition) is 3. The van der Waals surface area contributed by atoms with Gasteiger partial charge in [0.2, 0.25) is 0 Å². The highest BCUT2D eigenvalue weighted by atomic mass is 16.5. The van der Waals surface area contributed by atoms with Crippen molar-refractivity contribution in [2.75, 3.05) is 12.4 Å². The van der Waals surface area contributed by atoms with Crippen LogP contribution in [0.4, 0.5) is 5.69 Å². The number of anilines is 1. The Balaban J connectivity index is 2.36. The van der Waals surface area contributed by atoms with Crippen molar-refractivity contribution in [2.45, 2.75) is 27.7 Å². The number of hydrogen-bond donors (Lipinski definition) is 1. The van der Waals surface area contributed by atoms with Crippen molar-refractivity contribution in [3.05, 3.63) is 63.7 Å². The number of amides is 1. The molecule has 0 heterocycles. The van der Waals surface area contributed by atoms with Crippen LogP contribution in [0.15, 0.2) is 30.3 Å². The summed E-state index contributed by atoms with van der Waals surface area (Å²) >= 11 is 0. The molecule has 120 valence electrons. The first-order valence-electron chi connectivity index (χ1n) is 7.41. The summed E-state index contributed by atoms with van der Waals surface area (Å²) in [5.74, 6) is -0.598. The second-order valence-electron chi connectivity index (χ2n) is 5.73. The molecule has 0 aromatic heterocycles. The molecule has 1 amide bonds. The Morgan fingerprint density at radius 1 is 0.913 bits per heavy atom. The number of carbonyl (C=O) groups is 2. The Morgan fingerprint density at radius 2 is 1.61 bits per heavy atom. The minimum Gasteiger partial charge on any atom is -0.465 e. The molecule has 0 saturated heterocycles. The van der Waals surface area contributed by atoms with E-state index in [9.17, 15) is 9.59 Å². The number of nitrogens with one attached hydrogen (secondary N) is 1. The molecule has 2 aromatic carbocycles. The minimum absolute atomic E-state index is 0.190. The molecule has 23 heavy (non-hydrogen) atoms. The van der Waals surface area contributed by atoms with Crippen LogP contribution in [-0.4, -0.2) is 19.0 Å². The van der Waals surface area contributed by atoms with Crippen LogP contribution in [0.5, 0.6) is 0 Å². The van der Waals surface area contributed by atoms with Crippen LogP contribution in [-0.2, 0) is 4.74 Å². The van der Waals surface area contributed by atoms with Gasteiger partial charge in [-0.3, -0.25) is 4.79 Å². The fourth-order valence-electron chi connectivity index (χ4n) is 2.43. The molecule has 4 heteroatoms. The number of benzene rings is 2. The van der Waals surface area contributed by atoms with Gasteiger partial charge in [0.15, 0.2) is 0 Å². The zero-order chi connectivity index (χ0) is 17.1. The van der Waals surface area contributed by atoms with Gasteiger partial charge in [-0.25, -0.2) is 4.79 Å². The topological polar surface area (TPSA) is 55.4 Å². The highest BCUT2D eigenvalue weighted by Gasteiger charge is 2.15. The first-order chi connectivity index (χ1) is 10.8. The number of methoxy groups -OCH3 is 1. The third-order valence-electron chi connectivity index (χ3n) is 3.97. The van der Waals surface area contributed by atoms with Gasteiger partial charge in [-0.2, -0.15) is 0 Å². The highest BCUT2D eigenvalue weighted by Crippen LogP contribution is 2.22. The third kappa shape index (κ3) is 3.59. The maximum atomic E-state index is 12.5. The lowest BCUT2D eigenvalue weighted by Gasteiger charge is -2.13. The van der Waals surface area contributed by atoms with Crippen LogP contribution in [0.3, 0.4) is 0 Å². The zero-order valence-electron chi connectivity index (χ0n) is 14.1. The Morgan fingerprint density at radius 3 is 2.26 bits per heavy atom. The van der Waals surface area contributed by atoms with Crippen LogP contribution >= 0.6 is 0 Å². The summed E-state index contributed by atoms with van der Waals surface area (Å²) in [7, 11) is 1.35. The largest absolute Gasteiger partial charge is 0.465 e. The zero-order valence-corrected chi connectivity index (χ0v) is 14.1. The van der Waals surface area contributed by atoms with Gasteiger partial charge in [0, 0.05) is 11.3 Å². The van der Waals surface area contributed by atoms with E-state index >= 15 is 0 Å². The van der Waals surface area contributed by atoms with Crippen molar-refractivity contribution >= 4 is 17.6 Å². The predicted octanol–water partition coefficient (Wildman–Crippen LogP) is 3.96. The molecule has 0 saturated carbocycles. The molecule has 4 nitrogen and oxygen atoms in total. The van der Waals surface area contributed by atoms with E-state index in [1.807, 2.05) is 52.0 Å². The van der Waals surface area contributed by atoms with Gasteiger partial charge in [-0.1, -0.05) is 17.7 Å². The fourth-order valence-corrected chi connectivity index (χ4v) is 2.43. The number of carbonyl (C=O) groups excluding carboxylic acids is 2. The average molecular weight is 311 g/mol. The molecule has 2 aromatic rings. The summed E-state index contributed by atoms with van der Waals surface area (Å²) in [6.07, 6.45) is 0. The summed E-state index contributed by atoms with van der Waals surface area (Å²) in [5, 5.41) is 2.87. The molecule has 0 aliphatic heterocycles. The van der Waals surface area contributed by atoms with Gasteiger partial charge < -0.3 is 10.1 Å². The van der Waals surface area contributed by atoms with E-state index in [0.29, 0.717) is 16.8 Å². The van der Waals surface area contributed by atoms with E-state index < -0.39 is 5.97 Å². The van der Waals surface area contributed by atoms with Gasteiger partial charge >= 0.3 is 5.97 Å². The fraction of sp³-hybridized carbons (Fsp3) is 0.263. The van der Waals surface area contributed by atoms with Gasteiger partial charge in [0.1, 0.15) is 0 Å². The predicted molar refractivity (Wildman–Crippen MR) is 91.1 cm³/mol. The Kier molecular flexibility index (Phi) is 4.84. The maximum absolute atomic E-state index is 12.5. The van der Waals surface area contributed by atoms with E-state index in [2.05, 4.69) is 5.32 Å². The number of aryl methyl sites for hydroxylation is 3. The van der Waals surface area contributed by atoms with E-state index in [1.165, 1.54) is 7.11 Å². The molecule has 0 aliphatic carbocycles. The highest BCUT2D eigenvalue weighted by molar-refractivity contribution is 6.06. The number of esters is 1. The van der Waals surface area contributed by atoms with Crippen molar-refractivity contribution in [2.24, 2.45) is 0 Å². The second-order valence-corrected chi connectivity index (χ2v) is 5.73. The van der Waals surface area contributed by atoms with E-state index in [-0.39, 0.29) is 5.91 Å². The van der Waals surface area contributed by atoms with Crippen molar-refractivity contribution < 1.29 is 14.3 Å². The monoisotopic (exact) mass is 311 g/mol. The molecule has 0 spiro atoms. The summed E-state index contributed by atoms with van der Waals surface area (Å²) in [5.41, 5.74) is 5.37. The van der Waals surface area contributed by atoms with Crippen LogP contribution in [0.25, 0.3) is 0 Å². The molecule has 0 aliphatic rings. The standard InChI is InChI=1S/C19H21NO3/c1-11-6-7-12(2)16(8-11)18(21)20-15-9-13(3)14(4)17(10-15)19(22)23-5/h6-10H,1-5H3,(H,20,21). The molecular weight excluding hydrogens is 290 g/mol. The third-order valence-corrected chi connectivity index (χ3v) is 3.97. The lowest BCUT2D eigenvalue weighted by molar-refractivity contribution is 0.0599. The molecule has 0 radical (unpaired) electrons. The van der Waals surface area contributed by atoms with Gasteiger partial charge in [-0.05, 0) is 62.6 Å². The average Bonchev–Trinajstić information content (AvgIpc) is 2.52. The smallest absolute Gasteiger partial charge is 0.338 e. The Bertz CT molecular complexity index is 778. The lowest BCUT2D eigenvalue weighted by atomic mass is 10.0. The van der Waals surface area contributed by atoms with Gasteiger partial charge in [-0.15, -0.1) is 0 Å². The van der Waals surface area contributed by atoms with E-state index in [1.54, 1.807) is 6.07 Å². The molecule has 2 rings (SSSR count). The molecule has 0 atom stereocenters. The minimum atomic E-state index is -0.409. The first kappa shape index (κ1) is 16.7. The summed E-state index contributed by atoms with van der Waals surface area (Å²) in [6, 6.07) is 9.25. The quantitative estimate of drug-likeness (QED) is 0.873. The van der Waals surface area contributed by atoms with Crippen LogP contribution in [0.1, 0.15) is 43.0 Å². The van der Waals surface area contributed by atoms with Crippen LogP contribution in [0, 0.1) is 27.7 Å². The summed E-state index contributed by atoms with van der Waals surface area (Å²) in [4.78, 5) is 24.4. The number of rotatable bonds is 3. The van der Waals surface area contributed by atoms with Gasteiger partial charge in [0.05, 0.1) is 12.7 Å². The molecule has 0 fully saturated rings. The van der Waals surface area contributed by atoms with Crippen molar-refractivity contribution in [3.63, 3.8) is 0 Å². The SMILES string of the molecule is COC(=O)c1cc(NC(=O)c2cc(C)ccc2C)cc(C)c1C. The van der Waals surface area contributed by atoms with Crippen molar-refractivity contribution in [1.29, 1.82) is 0 Å².